The average molecular weight is 422 g/mol. The highest BCUT2D eigenvalue weighted by Gasteiger charge is 2.26. The Morgan fingerprint density at radius 2 is 1.90 bits per heavy atom. The van der Waals surface area contributed by atoms with Crippen molar-refractivity contribution in [3.63, 3.8) is 0 Å². The van der Waals surface area contributed by atoms with Gasteiger partial charge in [0.2, 0.25) is 5.91 Å². The average Bonchev–Trinajstić information content (AvgIpc) is 3.38. The first-order chi connectivity index (χ1) is 15.0. The molecule has 1 amide bonds. The van der Waals surface area contributed by atoms with Crippen LogP contribution < -0.4 is 15.7 Å². The molecule has 0 spiro atoms. The molecule has 2 aliphatic rings. The number of fused-ring (bicyclic) bond motifs is 2. The molecular formula is C23H27N5O3. The van der Waals surface area contributed by atoms with Crippen molar-refractivity contribution in [2.75, 3.05) is 38.1 Å². The molecule has 0 bridgehead atoms. The molecule has 0 saturated carbocycles. The summed E-state index contributed by atoms with van der Waals surface area (Å²) in [5.74, 6) is 0.986. The third kappa shape index (κ3) is 4.22. The van der Waals surface area contributed by atoms with E-state index in [1.165, 1.54) is 11.1 Å². The van der Waals surface area contributed by atoms with Crippen molar-refractivity contribution < 1.29 is 9.53 Å². The Morgan fingerprint density at radius 1 is 1.10 bits per heavy atom. The van der Waals surface area contributed by atoms with Gasteiger partial charge in [-0.25, -0.2) is 4.79 Å². The molecule has 1 aromatic heterocycles. The van der Waals surface area contributed by atoms with Crippen molar-refractivity contribution in [3.05, 3.63) is 58.0 Å². The molecule has 1 unspecified atom stereocenters. The van der Waals surface area contributed by atoms with E-state index in [2.05, 4.69) is 43.3 Å². The van der Waals surface area contributed by atoms with Crippen molar-refractivity contribution in [3.8, 4) is 5.75 Å². The fourth-order valence-electron chi connectivity index (χ4n) is 4.43. The molecule has 0 aliphatic carbocycles. The predicted molar refractivity (Wildman–Crippen MR) is 120 cm³/mol. The molecule has 1 fully saturated rings. The molecule has 3 heterocycles. The van der Waals surface area contributed by atoms with Crippen LogP contribution in [0.5, 0.6) is 5.75 Å². The molecule has 1 atom stereocenters. The Bertz CT molecular complexity index is 1160. The van der Waals surface area contributed by atoms with Gasteiger partial charge in [0.15, 0.2) is 0 Å². The molecule has 3 aromatic rings. The number of imidazole rings is 1. The minimum atomic E-state index is -0.252. The standard InChI is InChI=1S/C23H27N5O3/c1-15(22(29)24-18-3-4-19-20(13-18)26-23(30)25-19)28-9-7-27(8-10-28)14-16-2-5-21-17(12-16)6-11-31-21/h2-5,12-13,15H,6-11,14H2,1H3,(H,24,29)(H2,25,26,30). The molecule has 3 N–H and O–H groups in total. The van der Waals surface area contributed by atoms with E-state index in [-0.39, 0.29) is 17.6 Å². The number of piperazine rings is 1. The summed E-state index contributed by atoms with van der Waals surface area (Å²) in [4.78, 5) is 34.3. The summed E-state index contributed by atoms with van der Waals surface area (Å²) in [6.45, 7) is 7.23. The Labute approximate surface area is 180 Å². The largest absolute Gasteiger partial charge is 0.493 e. The predicted octanol–water partition coefficient (Wildman–Crippen LogP) is 1.94. The molecule has 2 aliphatic heterocycles. The molecule has 8 nitrogen and oxygen atoms in total. The van der Waals surface area contributed by atoms with Crippen LogP contribution in [0, 0.1) is 0 Å². The monoisotopic (exact) mass is 421 g/mol. The second kappa shape index (κ2) is 8.20. The van der Waals surface area contributed by atoms with E-state index < -0.39 is 0 Å². The van der Waals surface area contributed by atoms with Crippen LogP contribution >= 0.6 is 0 Å². The fraction of sp³-hybridized carbons (Fsp3) is 0.391. The highest BCUT2D eigenvalue weighted by atomic mass is 16.5. The van der Waals surface area contributed by atoms with E-state index in [0.29, 0.717) is 11.2 Å². The summed E-state index contributed by atoms with van der Waals surface area (Å²) in [5, 5.41) is 2.97. The quantitative estimate of drug-likeness (QED) is 0.585. The summed E-state index contributed by atoms with van der Waals surface area (Å²) in [5.41, 5.74) is 4.46. The van der Waals surface area contributed by atoms with Gasteiger partial charge in [0, 0.05) is 44.8 Å². The van der Waals surface area contributed by atoms with Gasteiger partial charge in [0.25, 0.3) is 0 Å². The summed E-state index contributed by atoms with van der Waals surface area (Å²) in [6, 6.07) is 11.6. The first-order valence-electron chi connectivity index (χ1n) is 10.8. The van der Waals surface area contributed by atoms with Gasteiger partial charge < -0.3 is 20.0 Å². The maximum atomic E-state index is 12.8. The van der Waals surface area contributed by atoms with Crippen LogP contribution in [-0.2, 0) is 17.8 Å². The lowest BCUT2D eigenvalue weighted by molar-refractivity contribution is -0.121. The van der Waals surface area contributed by atoms with E-state index in [9.17, 15) is 9.59 Å². The number of carbonyl (C=O) groups is 1. The maximum Gasteiger partial charge on any atom is 0.323 e. The number of nitrogens with one attached hydrogen (secondary N) is 3. The number of rotatable bonds is 5. The number of hydrogen-bond donors (Lipinski definition) is 3. The smallest absolute Gasteiger partial charge is 0.323 e. The van der Waals surface area contributed by atoms with Crippen LogP contribution in [0.4, 0.5) is 5.69 Å². The van der Waals surface area contributed by atoms with Crippen molar-refractivity contribution in [2.24, 2.45) is 0 Å². The van der Waals surface area contributed by atoms with E-state index in [0.717, 1.165) is 57.0 Å². The number of amides is 1. The van der Waals surface area contributed by atoms with E-state index in [1.807, 2.05) is 6.92 Å². The van der Waals surface area contributed by atoms with Gasteiger partial charge in [0.1, 0.15) is 5.75 Å². The van der Waals surface area contributed by atoms with E-state index in [1.54, 1.807) is 18.2 Å². The highest BCUT2D eigenvalue weighted by molar-refractivity contribution is 5.96. The zero-order valence-corrected chi connectivity index (χ0v) is 17.6. The third-order valence-corrected chi connectivity index (χ3v) is 6.28. The Morgan fingerprint density at radius 3 is 2.74 bits per heavy atom. The SMILES string of the molecule is CC(C(=O)Nc1ccc2[nH]c(=O)[nH]c2c1)N1CCN(Cc2ccc3c(c2)CCO3)CC1. The molecular weight excluding hydrogens is 394 g/mol. The van der Waals surface area contributed by atoms with Crippen LogP contribution in [0.2, 0.25) is 0 Å². The van der Waals surface area contributed by atoms with Crippen LogP contribution in [0.3, 0.4) is 0 Å². The molecule has 2 aromatic carbocycles. The fourth-order valence-corrected chi connectivity index (χ4v) is 4.43. The number of ether oxygens (including phenoxy) is 1. The molecule has 31 heavy (non-hydrogen) atoms. The van der Waals surface area contributed by atoms with Crippen molar-refractivity contribution in [1.82, 2.24) is 19.8 Å². The van der Waals surface area contributed by atoms with Gasteiger partial charge in [-0.3, -0.25) is 14.6 Å². The molecule has 1 saturated heterocycles. The third-order valence-electron chi connectivity index (χ3n) is 6.28. The summed E-state index contributed by atoms with van der Waals surface area (Å²) in [6.07, 6.45) is 0.997. The van der Waals surface area contributed by atoms with Crippen LogP contribution in [-0.4, -0.2) is 64.5 Å². The number of aromatic amines is 2. The van der Waals surface area contributed by atoms with E-state index >= 15 is 0 Å². The number of hydrogen-bond acceptors (Lipinski definition) is 5. The minimum absolute atomic E-state index is 0.0377. The summed E-state index contributed by atoms with van der Waals surface area (Å²) >= 11 is 0. The second-order valence-corrected chi connectivity index (χ2v) is 8.36. The zero-order chi connectivity index (χ0) is 21.4. The van der Waals surface area contributed by atoms with Gasteiger partial charge in [-0.05, 0) is 42.3 Å². The topological polar surface area (TPSA) is 93.5 Å². The van der Waals surface area contributed by atoms with Gasteiger partial charge in [-0.2, -0.15) is 0 Å². The lowest BCUT2D eigenvalue weighted by atomic mass is 10.1. The first kappa shape index (κ1) is 19.8. The Kier molecular flexibility index (Phi) is 5.25. The molecule has 5 rings (SSSR count). The highest BCUT2D eigenvalue weighted by Crippen LogP contribution is 2.26. The molecule has 0 radical (unpaired) electrons. The van der Waals surface area contributed by atoms with Gasteiger partial charge in [-0.1, -0.05) is 12.1 Å². The van der Waals surface area contributed by atoms with Gasteiger partial charge >= 0.3 is 5.69 Å². The first-order valence-corrected chi connectivity index (χ1v) is 10.8. The number of benzene rings is 2. The summed E-state index contributed by atoms with van der Waals surface area (Å²) in [7, 11) is 0. The minimum Gasteiger partial charge on any atom is -0.493 e. The van der Waals surface area contributed by atoms with Gasteiger partial charge in [-0.15, -0.1) is 0 Å². The zero-order valence-electron chi connectivity index (χ0n) is 17.6. The normalized spacial score (nSPS) is 18.0. The number of aromatic nitrogens is 2. The van der Waals surface area contributed by atoms with Crippen LogP contribution in [0.15, 0.2) is 41.2 Å². The molecule has 162 valence electrons. The van der Waals surface area contributed by atoms with Crippen LogP contribution in [0.25, 0.3) is 11.0 Å². The van der Waals surface area contributed by atoms with Crippen molar-refractivity contribution >= 4 is 22.6 Å². The Hall–Kier alpha value is -3.10. The second-order valence-electron chi connectivity index (χ2n) is 8.36. The molecule has 8 heteroatoms. The van der Waals surface area contributed by atoms with E-state index in [4.69, 9.17) is 4.74 Å². The number of nitrogens with zero attached hydrogens (tertiary/aromatic N) is 2. The van der Waals surface area contributed by atoms with Crippen LogP contribution in [0.1, 0.15) is 18.1 Å². The van der Waals surface area contributed by atoms with Gasteiger partial charge in [0.05, 0.1) is 23.7 Å². The maximum absolute atomic E-state index is 12.8. The lowest BCUT2D eigenvalue weighted by Gasteiger charge is -2.37. The lowest BCUT2D eigenvalue weighted by Crippen LogP contribution is -2.52. The number of H-pyrrole nitrogens is 2. The number of carbonyl (C=O) groups excluding carboxylic acids is 1. The Balaban J connectivity index is 1.15. The van der Waals surface area contributed by atoms with Crippen molar-refractivity contribution in [1.29, 1.82) is 0 Å². The van der Waals surface area contributed by atoms with Crippen molar-refractivity contribution in [2.45, 2.75) is 25.9 Å². The summed E-state index contributed by atoms with van der Waals surface area (Å²) < 4.78 is 5.60. The number of anilines is 1.